The maximum absolute atomic E-state index is 11.5. The Morgan fingerprint density at radius 2 is 2.22 bits per heavy atom. The van der Waals surface area contributed by atoms with Crippen molar-refractivity contribution in [1.82, 2.24) is 5.32 Å². The molecule has 0 atom stereocenters. The molecule has 1 aromatic heterocycles. The maximum Gasteiger partial charge on any atom is 0.251 e. The molecule has 0 unspecified atom stereocenters. The fraction of sp³-hybridized carbons (Fsp3) is 0.538. The summed E-state index contributed by atoms with van der Waals surface area (Å²) in [5.74, 6) is 0.278. The molecule has 0 saturated heterocycles. The predicted molar refractivity (Wildman–Crippen MR) is 73.3 cm³/mol. The minimum absolute atomic E-state index is 0.0136. The minimum atomic E-state index is -0.0136. The van der Waals surface area contributed by atoms with Crippen LogP contribution in [0.4, 0.5) is 0 Å². The first kappa shape index (κ1) is 14.8. The summed E-state index contributed by atoms with van der Waals surface area (Å²) < 4.78 is 0.777. The van der Waals surface area contributed by atoms with E-state index in [9.17, 15) is 10.0 Å². The molecule has 1 aromatic rings. The van der Waals surface area contributed by atoms with Gasteiger partial charge in [-0.15, -0.1) is 0 Å². The van der Waals surface area contributed by atoms with Crippen LogP contribution >= 0.6 is 11.8 Å². The van der Waals surface area contributed by atoms with E-state index in [1.807, 2.05) is 0 Å². The summed E-state index contributed by atoms with van der Waals surface area (Å²) in [6, 6.07) is 5.18. The van der Waals surface area contributed by atoms with Gasteiger partial charge in [0.05, 0.1) is 5.75 Å². The van der Waals surface area contributed by atoms with E-state index in [-0.39, 0.29) is 5.91 Å². The van der Waals surface area contributed by atoms with Gasteiger partial charge in [-0.3, -0.25) is 4.79 Å². The molecule has 0 fully saturated rings. The van der Waals surface area contributed by atoms with Crippen LogP contribution in [0.15, 0.2) is 29.4 Å². The van der Waals surface area contributed by atoms with Gasteiger partial charge in [-0.1, -0.05) is 26.2 Å². The minimum Gasteiger partial charge on any atom is -0.618 e. The third-order valence-electron chi connectivity index (χ3n) is 2.49. The molecular formula is C13H20N2O2S. The van der Waals surface area contributed by atoms with Crippen LogP contribution in [0.5, 0.6) is 0 Å². The fourth-order valence-electron chi connectivity index (χ4n) is 1.49. The van der Waals surface area contributed by atoms with Gasteiger partial charge in [-0.2, -0.15) is 4.73 Å². The summed E-state index contributed by atoms with van der Waals surface area (Å²) in [6.45, 7) is 2.89. The number of hydrogen-bond donors (Lipinski definition) is 1. The van der Waals surface area contributed by atoms with Crippen molar-refractivity contribution in [1.29, 1.82) is 0 Å². The molecule has 1 amide bonds. The van der Waals surface area contributed by atoms with E-state index < -0.39 is 0 Å². The van der Waals surface area contributed by atoms with E-state index in [4.69, 9.17) is 0 Å². The van der Waals surface area contributed by atoms with Crippen molar-refractivity contribution in [3.63, 3.8) is 0 Å². The number of nitrogens with zero attached hydrogens (tertiary/aromatic N) is 1. The van der Waals surface area contributed by atoms with Crippen molar-refractivity contribution >= 4 is 17.7 Å². The molecule has 5 heteroatoms. The highest BCUT2D eigenvalue weighted by atomic mass is 32.2. The number of hydrogen-bond acceptors (Lipinski definition) is 3. The van der Waals surface area contributed by atoms with Crippen LogP contribution < -0.4 is 10.0 Å². The summed E-state index contributed by atoms with van der Waals surface area (Å²) in [7, 11) is 0. The number of unbranched alkanes of at least 4 members (excludes halogenated alkanes) is 3. The molecule has 0 radical (unpaired) electrons. The highest BCUT2D eigenvalue weighted by molar-refractivity contribution is 7.99. The van der Waals surface area contributed by atoms with E-state index in [1.165, 1.54) is 30.8 Å². The number of carbonyl (C=O) groups is 1. The largest absolute Gasteiger partial charge is 0.618 e. The molecule has 100 valence electrons. The van der Waals surface area contributed by atoms with Crippen LogP contribution in [0.3, 0.4) is 0 Å². The van der Waals surface area contributed by atoms with Gasteiger partial charge in [0, 0.05) is 18.7 Å². The Hall–Kier alpha value is -1.23. The zero-order valence-corrected chi connectivity index (χ0v) is 11.5. The van der Waals surface area contributed by atoms with Crippen LogP contribution in [-0.2, 0) is 4.79 Å². The molecule has 1 N–H and O–H groups in total. The van der Waals surface area contributed by atoms with Crippen molar-refractivity contribution in [2.24, 2.45) is 0 Å². The number of nitrogens with one attached hydrogen (secondary N) is 1. The van der Waals surface area contributed by atoms with E-state index in [0.717, 1.165) is 24.1 Å². The van der Waals surface area contributed by atoms with Crippen molar-refractivity contribution < 1.29 is 9.52 Å². The number of thioether (sulfide) groups is 1. The molecule has 0 spiro atoms. The van der Waals surface area contributed by atoms with Crippen molar-refractivity contribution in [3.8, 4) is 0 Å². The van der Waals surface area contributed by atoms with Gasteiger partial charge < -0.3 is 10.5 Å². The van der Waals surface area contributed by atoms with E-state index in [2.05, 4.69) is 12.2 Å². The standard InChI is InChI=1S/C13H20N2O2S/c1-2-3-4-6-9-14-12(16)11-18-13-8-5-7-10-15(13)17/h5,7-8,10H,2-4,6,9,11H2,1H3,(H,14,16). The average Bonchev–Trinajstić information content (AvgIpc) is 2.37. The fourth-order valence-corrected chi connectivity index (χ4v) is 2.24. The molecule has 1 heterocycles. The number of pyridine rings is 1. The Morgan fingerprint density at radius 1 is 1.39 bits per heavy atom. The highest BCUT2D eigenvalue weighted by Gasteiger charge is 2.07. The molecule has 0 saturated carbocycles. The molecule has 0 aliphatic heterocycles. The Morgan fingerprint density at radius 3 is 2.94 bits per heavy atom. The van der Waals surface area contributed by atoms with Crippen LogP contribution in [0, 0.1) is 5.21 Å². The first-order valence-corrected chi connectivity index (χ1v) is 7.30. The SMILES string of the molecule is CCCCCCNC(=O)CSc1cccc[n+]1[O-]. The van der Waals surface area contributed by atoms with E-state index >= 15 is 0 Å². The van der Waals surface area contributed by atoms with Crippen LogP contribution in [0.1, 0.15) is 32.6 Å². The monoisotopic (exact) mass is 268 g/mol. The molecule has 0 aromatic carbocycles. The lowest BCUT2D eigenvalue weighted by atomic mass is 10.2. The Kier molecular flexibility index (Phi) is 7.25. The molecule has 0 aliphatic carbocycles. The Balaban J connectivity index is 2.15. The van der Waals surface area contributed by atoms with Gasteiger partial charge in [0.25, 0.3) is 5.03 Å². The number of rotatable bonds is 8. The van der Waals surface area contributed by atoms with Crippen molar-refractivity contribution in [2.45, 2.75) is 37.6 Å². The number of amides is 1. The Labute approximate surface area is 112 Å². The summed E-state index contributed by atoms with van der Waals surface area (Å²) in [5.41, 5.74) is 0. The lowest BCUT2D eigenvalue weighted by Gasteiger charge is -2.05. The summed E-state index contributed by atoms with van der Waals surface area (Å²) in [4.78, 5) is 11.5. The van der Waals surface area contributed by atoms with Crippen LogP contribution in [0.2, 0.25) is 0 Å². The topological polar surface area (TPSA) is 56.0 Å². The zero-order valence-electron chi connectivity index (χ0n) is 10.7. The zero-order chi connectivity index (χ0) is 13.2. The van der Waals surface area contributed by atoms with Gasteiger partial charge in [0.15, 0.2) is 6.20 Å². The van der Waals surface area contributed by atoms with Gasteiger partial charge in [-0.25, -0.2) is 0 Å². The second-order valence-electron chi connectivity index (χ2n) is 4.06. The normalized spacial score (nSPS) is 10.3. The van der Waals surface area contributed by atoms with E-state index in [1.54, 1.807) is 18.2 Å². The van der Waals surface area contributed by atoms with Gasteiger partial charge in [-0.05, 0) is 24.2 Å². The lowest BCUT2D eigenvalue weighted by Crippen LogP contribution is -2.30. The van der Waals surface area contributed by atoms with Crippen LogP contribution in [0.25, 0.3) is 0 Å². The first-order chi connectivity index (χ1) is 8.74. The van der Waals surface area contributed by atoms with Crippen molar-refractivity contribution in [3.05, 3.63) is 29.6 Å². The number of aromatic nitrogens is 1. The average molecular weight is 268 g/mol. The summed E-state index contributed by atoms with van der Waals surface area (Å²) >= 11 is 1.26. The first-order valence-electron chi connectivity index (χ1n) is 6.31. The number of carbonyl (C=O) groups excluding carboxylic acids is 1. The lowest BCUT2D eigenvalue weighted by molar-refractivity contribution is -0.645. The maximum atomic E-state index is 11.5. The molecule has 18 heavy (non-hydrogen) atoms. The highest BCUT2D eigenvalue weighted by Crippen LogP contribution is 2.11. The van der Waals surface area contributed by atoms with Crippen LogP contribution in [-0.4, -0.2) is 18.2 Å². The van der Waals surface area contributed by atoms with Gasteiger partial charge in [0.1, 0.15) is 0 Å². The molecular weight excluding hydrogens is 248 g/mol. The summed E-state index contributed by atoms with van der Waals surface area (Å²) in [5, 5.41) is 14.7. The second-order valence-corrected chi connectivity index (χ2v) is 5.06. The molecule has 0 bridgehead atoms. The third kappa shape index (κ3) is 5.91. The molecule has 1 rings (SSSR count). The van der Waals surface area contributed by atoms with Gasteiger partial charge >= 0.3 is 0 Å². The molecule has 4 nitrogen and oxygen atoms in total. The summed E-state index contributed by atoms with van der Waals surface area (Å²) in [6.07, 6.45) is 6.03. The molecule has 0 aliphatic rings. The van der Waals surface area contributed by atoms with Crippen molar-refractivity contribution in [2.75, 3.05) is 12.3 Å². The predicted octanol–water partition coefficient (Wildman–Crippen LogP) is 2.11. The second kappa shape index (κ2) is 8.80. The van der Waals surface area contributed by atoms with E-state index in [0.29, 0.717) is 10.8 Å². The third-order valence-corrected chi connectivity index (χ3v) is 3.51. The quantitative estimate of drug-likeness (QED) is 0.340. The smallest absolute Gasteiger partial charge is 0.251 e. The Bertz CT molecular complexity index is 372. The van der Waals surface area contributed by atoms with Gasteiger partial charge in [0.2, 0.25) is 5.91 Å².